The zero-order chi connectivity index (χ0) is 28.3. The second-order valence-electron chi connectivity index (χ2n) is 9.76. The van der Waals surface area contributed by atoms with Crippen LogP contribution in [0.3, 0.4) is 0 Å². The second kappa shape index (κ2) is 12.5. The van der Waals surface area contributed by atoms with E-state index in [9.17, 15) is 4.79 Å². The molecule has 1 aromatic heterocycles. The highest BCUT2D eigenvalue weighted by Crippen LogP contribution is 2.36. The first-order valence-electron chi connectivity index (χ1n) is 13.1. The van der Waals surface area contributed by atoms with Crippen molar-refractivity contribution >= 4 is 49.0 Å². The average molecular weight is 655 g/mol. The van der Waals surface area contributed by atoms with Gasteiger partial charge >= 0.3 is 0 Å². The predicted octanol–water partition coefficient (Wildman–Crippen LogP) is 8.48. The van der Waals surface area contributed by atoms with Crippen LogP contribution >= 0.6 is 31.9 Å². The highest BCUT2D eigenvalue weighted by Gasteiger charge is 2.19. The first-order chi connectivity index (χ1) is 18.6. The molecule has 0 saturated carbocycles. The molecule has 8 heteroatoms. The van der Waals surface area contributed by atoms with Crippen LogP contribution in [-0.2, 0) is 0 Å². The summed E-state index contributed by atoms with van der Waals surface area (Å²) in [4.78, 5) is 18.6. The van der Waals surface area contributed by atoms with Crippen LogP contribution in [-0.4, -0.2) is 28.6 Å². The van der Waals surface area contributed by atoms with Crippen LogP contribution in [0.4, 0.5) is 0 Å². The molecule has 4 aromatic rings. The van der Waals surface area contributed by atoms with Gasteiger partial charge in [0.2, 0.25) is 0 Å². The minimum atomic E-state index is -0.235. The number of halogens is 2. The molecule has 0 fully saturated rings. The monoisotopic (exact) mass is 653 g/mol. The number of fused-ring (bicyclic) bond motifs is 1. The molecule has 204 valence electrons. The Bertz CT molecular complexity index is 1570. The fourth-order valence-electron chi connectivity index (χ4n) is 4.25. The first kappa shape index (κ1) is 29.0. The van der Waals surface area contributed by atoms with Gasteiger partial charge in [0, 0.05) is 5.56 Å². The summed E-state index contributed by atoms with van der Waals surface area (Å²) in [5, 5.41) is 5.17. The van der Waals surface area contributed by atoms with Crippen molar-refractivity contribution in [3.05, 3.63) is 84.5 Å². The number of aryl methyl sites for hydroxylation is 1. The predicted molar refractivity (Wildman–Crippen MR) is 167 cm³/mol. The topological polar surface area (TPSA) is 65.7 Å². The molecule has 0 spiro atoms. The van der Waals surface area contributed by atoms with Crippen LogP contribution in [0.25, 0.3) is 22.3 Å². The van der Waals surface area contributed by atoms with E-state index in [1.165, 1.54) is 4.68 Å². The lowest BCUT2D eigenvalue weighted by Crippen LogP contribution is -2.21. The molecule has 0 radical (unpaired) electrons. The van der Waals surface area contributed by atoms with Gasteiger partial charge in [-0.25, -0.2) is 4.98 Å². The number of aromatic nitrogens is 2. The van der Waals surface area contributed by atoms with Crippen LogP contribution in [0.15, 0.2) is 67.4 Å². The Kier molecular flexibility index (Phi) is 9.28. The Hall–Kier alpha value is -2.97. The lowest BCUT2D eigenvalue weighted by Gasteiger charge is -2.18. The van der Waals surface area contributed by atoms with E-state index in [-0.39, 0.29) is 17.6 Å². The van der Waals surface area contributed by atoms with E-state index in [1.54, 1.807) is 12.3 Å². The van der Waals surface area contributed by atoms with E-state index in [4.69, 9.17) is 14.5 Å². The van der Waals surface area contributed by atoms with Gasteiger partial charge in [-0.15, -0.1) is 0 Å². The van der Waals surface area contributed by atoms with E-state index in [1.807, 2.05) is 57.2 Å². The van der Waals surface area contributed by atoms with Crippen LogP contribution in [0.5, 0.6) is 11.5 Å². The molecule has 0 N–H and O–H groups in total. The summed E-state index contributed by atoms with van der Waals surface area (Å²) in [5.41, 5.74) is 4.02. The molecule has 1 atom stereocenters. The van der Waals surface area contributed by atoms with Gasteiger partial charge < -0.3 is 9.47 Å². The fraction of sp³-hybridized carbons (Fsp3) is 0.323. The largest absolute Gasteiger partial charge is 0.494 e. The standard InChI is InChI=1S/C31H33Br2N3O3/c1-7-20(6)39-29-25(32)14-21(15-26(29)33)17-34-36-30(35-27-12-10-9-11-22(27)31(36)37)24-16-23(18(3)4)28(38-8-2)13-19(24)5/h9-18,20H,7-8H2,1-6H3/t20-/m1/s1. The number of ether oxygens (including phenoxy) is 2. The number of nitrogens with zero attached hydrogens (tertiary/aromatic N) is 3. The third-order valence-corrected chi connectivity index (χ3v) is 7.69. The molecule has 6 nitrogen and oxygen atoms in total. The Morgan fingerprint density at radius 3 is 2.38 bits per heavy atom. The van der Waals surface area contributed by atoms with Crippen LogP contribution < -0.4 is 15.0 Å². The zero-order valence-corrected chi connectivity index (χ0v) is 26.3. The quantitative estimate of drug-likeness (QED) is 0.170. The van der Waals surface area contributed by atoms with Gasteiger partial charge in [-0.3, -0.25) is 4.79 Å². The maximum Gasteiger partial charge on any atom is 0.282 e. The third-order valence-electron chi connectivity index (χ3n) is 6.51. The lowest BCUT2D eigenvalue weighted by molar-refractivity contribution is 0.214. The number of hydrogen-bond acceptors (Lipinski definition) is 5. The fourth-order valence-corrected chi connectivity index (χ4v) is 5.66. The molecule has 0 aliphatic rings. The van der Waals surface area contributed by atoms with Gasteiger partial charge in [0.15, 0.2) is 5.82 Å². The van der Waals surface area contributed by atoms with Gasteiger partial charge in [-0.2, -0.15) is 9.78 Å². The number of para-hydroxylation sites is 1. The average Bonchev–Trinajstić information content (AvgIpc) is 2.90. The van der Waals surface area contributed by atoms with Gasteiger partial charge in [0.25, 0.3) is 5.56 Å². The summed E-state index contributed by atoms with van der Waals surface area (Å²) < 4.78 is 15.0. The molecule has 1 heterocycles. The molecule has 3 aromatic carbocycles. The van der Waals surface area contributed by atoms with Crippen LogP contribution in [0.2, 0.25) is 0 Å². The van der Waals surface area contributed by atoms with Crippen molar-refractivity contribution in [1.29, 1.82) is 0 Å². The van der Waals surface area contributed by atoms with Gasteiger partial charge in [-0.1, -0.05) is 32.9 Å². The minimum Gasteiger partial charge on any atom is -0.494 e. The van der Waals surface area contributed by atoms with E-state index >= 15 is 0 Å². The molecule has 0 amide bonds. The summed E-state index contributed by atoms with van der Waals surface area (Å²) in [6.45, 7) is 12.9. The molecule has 0 unspecified atom stereocenters. The second-order valence-corrected chi connectivity index (χ2v) is 11.5. The smallest absolute Gasteiger partial charge is 0.282 e. The normalized spacial score (nSPS) is 12.4. The molecular formula is C31H33Br2N3O3. The van der Waals surface area contributed by atoms with Crippen molar-refractivity contribution < 1.29 is 9.47 Å². The van der Waals surface area contributed by atoms with E-state index in [2.05, 4.69) is 63.8 Å². The van der Waals surface area contributed by atoms with E-state index in [0.717, 1.165) is 49.1 Å². The summed E-state index contributed by atoms with van der Waals surface area (Å²) >= 11 is 7.24. The van der Waals surface area contributed by atoms with Gasteiger partial charge in [0.1, 0.15) is 11.5 Å². The van der Waals surface area contributed by atoms with Gasteiger partial charge in [0.05, 0.1) is 38.8 Å². The maximum absolute atomic E-state index is 13.7. The highest BCUT2D eigenvalue weighted by molar-refractivity contribution is 9.11. The number of rotatable bonds is 9. The molecule has 0 aliphatic heterocycles. The highest BCUT2D eigenvalue weighted by atomic mass is 79.9. The Balaban J connectivity index is 1.89. The Morgan fingerprint density at radius 2 is 1.74 bits per heavy atom. The SMILES string of the molecule is CCOc1cc(C)c(-c2nc3ccccc3c(=O)n2N=Cc2cc(Br)c(O[C@H](C)CC)c(Br)c2)cc1C(C)C. The maximum atomic E-state index is 13.7. The lowest BCUT2D eigenvalue weighted by atomic mass is 9.96. The van der Waals surface area contributed by atoms with Gasteiger partial charge in [-0.05, 0) is 118 Å². The van der Waals surface area contributed by atoms with E-state index < -0.39 is 0 Å². The van der Waals surface area contributed by atoms with Crippen molar-refractivity contribution in [2.45, 2.75) is 60.0 Å². The van der Waals surface area contributed by atoms with Crippen LogP contribution in [0.1, 0.15) is 63.6 Å². The van der Waals surface area contributed by atoms with Crippen molar-refractivity contribution in [1.82, 2.24) is 9.66 Å². The minimum absolute atomic E-state index is 0.0787. The third kappa shape index (κ3) is 6.28. The van der Waals surface area contributed by atoms with Crippen molar-refractivity contribution in [2.75, 3.05) is 6.61 Å². The number of hydrogen-bond donors (Lipinski definition) is 0. The van der Waals surface area contributed by atoms with Crippen molar-refractivity contribution in [3.8, 4) is 22.9 Å². The first-order valence-corrected chi connectivity index (χ1v) is 14.7. The zero-order valence-electron chi connectivity index (χ0n) is 23.1. The number of benzene rings is 3. The molecule has 39 heavy (non-hydrogen) atoms. The molecule has 0 aliphatic carbocycles. The van der Waals surface area contributed by atoms with Crippen molar-refractivity contribution in [3.63, 3.8) is 0 Å². The van der Waals surface area contributed by atoms with Crippen molar-refractivity contribution in [2.24, 2.45) is 5.10 Å². The van der Waals surface area contributed by atoms with E-state index in [0.29, 0.717) is 23.3 Å². The Labute approximate surface area is 246 Å². The Morgan fingerprint density at radius 1 is 1.05 bits per heavy atom. The molecule has 0 saturated heterocycles. The summed E-state index contributed by atoms with van der Waals surface area (Å²) in [6.07, 6.45) is 2.64. The molecule has 0 bridgehead atoms. The summed E-state index contributed by atoms with van der Waals surface area (Å²) in [7, 11) is 0. The van der Waals surface area contributed by atoms with Crippen LogP contribution in [0, 0.1) is 6.92 Å². The summed E-state index contributed by atoms with van der Waals surface area (Å²) in [6, 6.07) is 15.3. The molecule has 4 rings (SSSR count). The molecular weight excluding hydrogens is 622 g/mol. The summed E-state index contributed by atoms with van der Waals surface area (Å²) in [5.74, 6) is 2.28.